The number of H-pyrrole nitrogens is 1. The molecule has 0 saturated carbocycles. The van der Waals surface area contributed by atoms with Crippen LogP contribution in [0.1, 0.15) is 34.4 Å². The molecule has 5 rings (SSSR count). The number of nitrogens with one attached hydrogen (secondary N) is 1. The van der Waals surface area contributed by atoms with Crippen molar-refractivity contribution in [2.24, 2.45) is 0 Å². The first-order valence-corrected chi connectivity index (χ1v) is 9.35. The molecule has 2 aromatic heterocycles. The van der Waals surface area contributed by atoms with Crippen LogP contribution in [0, 0.1) is 0 Å². The highest BCUT2D eigenvalue weighted by molar-refractivity contribution is 7.18. The van der Waals surface area contributed by atoms with E-state index >= 15 is 0 Å². The Morgan fingerprint density at radius 1 is 1.16 bits per heavy atom. The van der Waals surface area contributed by atoms with Gasteiger partial charge in [0, 0.05) is 17.4 Å². The molecule has 1 aliphatic rings. The van der Waals surface area contributed by atoms with Crippen LogP contribution in [0.2, 0.25) is 0 Å². The summed E-state index contributed by atoms with van der Waals surface area (Å²) in [6.07, 6.45) is 2.00. The number of aromatic nitrogens is 2. The molecule has 1 atom stereocenters. The van der Waals surface area contributed by atoms with Gasteiger partial charge in [0.15, 0.2) is 0 Å². The van der Waals surface area contributed by atoms with Crippen LogP contribution in [0.25, 0.3) is 21.1 Å². The highest BCUT2D eigenvalue weighted by Crippen LogP contribution is 2.37. The van der Waals surface area contributed by atoms with Gasteiger partial charge in [0.25, 0.3) is 5.91 Å². The number of carbonyl (C=O) groups is 1. The smallest absolute Gasteiger partial charge is 0.270 e. The van der Waals surface area contributed by atoms with Gasteiger partial charge in [0.2, 0.25) is 0 Å². The summed E-state index contributed by atoms with van der Waals surface area (Å²) in [4.78, 5) is 23.1. The number of likely N-dealkylation sites (tertiary alicyclic amines) is 1. The maximum Gasteiger partial charge on any atom is 0.270 e. The summed E-state index contributed by atoms with van der Waals surface area (Å²) in [6.45, 7) is 0.786. The van der Waals surface area contributed by atoms with Crippen molar-refractivity contribution in [1.29, 1.82) is 0 Å². The molecule has 5 heteroatoms. The minimum absolute atomic E-state index is 0.0676. The number of para-hydroxylation sites is 2. The Morgan fingerprint density at radius 2 is 2.00 bits per heavy atom. The quantitative estimate of drug-likeness (QED) is 0.568. The zero-order valence-corrected chi connectivity index (χ0v) is 14.4. The van der Waals surface area contributed by atoms with Gasteiger partial charge < -0.3 is 9.88 Å². The van der Waals surface area contributed by atoms with Gasteiger partial charge in [-0.1, -0.05) is 30.3 Å². The van der Waals surface area contributed by atoms with Crippen LogP contribution in [0.15, 0.2) is 54.6 Å². The number of thiazole rings is 1. The van der Waals surface area contributed by atoms with E-state index in [2.05, 4.69) is 11.1 Å². The molecule has 1 aliphatic heterocycles. The Hall–Kier alpha value is -2.66. The molecule has 25 heavy (non-hydrogen) atoms. The van der Waals surface area contributed by atoms with Crippen molar-refractivity contribution in [3.8, 4) is 0 Å². The summed E-state index contributed by atoms with van der Waals surface area (Å²) in [5, 5.41) is 2.12. The predicted octanol–water partition coefficient (Wildman–Crippen LogP) is 4.75. The first-order chi connectivity index (χ1) is 12.3. The minimum Gasteiger partial charge on any atom is -0.351 e. The average molecular weight is 347 g/mol. The van der Waals surface area contributed by atoms with Crippen LogP contribution < -0.4 is 0 Å². The number of fused-ring (bicyclic) bond motifs is 2. The number of rotatable bonds is 2. The third-order valence-electron chi connectivity index (χ3n) is 4.87. The van der Waals surface area contributed by atoms with Crippen molar-refractivity contribution in [3.05, 3.63) is 65.3 Å². The number of amides is 1. The van der Waals surface area contributed by atoms with Gasteiger partial charge in [-0.25, -0.2) is 4.98 Å². The van der Waals surface area contributed by atoms with Gasteiger partial charge in [-0.15, -0.1) is 11.3 Å². The van der Waals surface area contributed by atoms with Crippen molar-refractivity contribution in [3.63, 3.8) is 0 Å². The van der Waals surface area contributed by atoms with Crippen LogP contribution in [-0.2, 0) is 0 Å². The SMILES string of the molecule is O=C(c1cc2ccccc2[nH]1)N1CCCC1c1nc2ccccc2s1. The van der Waals surface area contributed by atoms with Crippen LogP contribution in [0.4, 0.5) is 0 Å². The zero-order valence-electron chi connectivity index (χ0n) is 13.6. The van der Waals surface area contributed by atoms with Crippen LogP contribution in [0.3, 0.4) is 0 Å². The highest BCUT2D eigenvalue weighted by atomic mass is 32.1. The topological polar surface area (TPSA) is 49.0 Å². The minimum atomic E-state index is 0.0676. The lowest BCUT2D eigenvalue weighted by molar-refractivity contribution is 0.0730. The lowest BCUT2D eigenvalue weighted by atomic mass is 10.2. The van der Waals surface area contributed by atoms with Crippen LogP contribution >= 0.6 is 11.3 Å². The van der Waals surface area contributed by atoms with Crippen LogP contribution in [0.5, 0.6) is 0 Å². The molecule has 3 heterocycles. The molecule has 1 saturated heterocycles. The lowest BCUT2D eigenvalue weighted by Gasteiger charge is -2.22. The summed E-state index contributed by atoms with van der Waals surface area (Å²) in [5.74, 6) is 0.0676. The van der Waals surface area contributed by atoms with Crippen molar-refractivity contribution < 1.29 is 4.79 Å². The van der Waals surface area contributed by atoms with E-state index < -0.39 is 0 Å². The van der Waals surface area contributed by atoms with Crippen molar-refractivity contribution in [2.45, 2.75) is 18.9 Å². The van der Waals surface area contributed by atoms with Crippen LogP contribution in [-0.4, -0.2) is 27.3 Å². The van der Waals surface area contributed by atoms with Gasteiger partial charge in [0.05, 0.1) is 16.3 Å². The first-order valence-electron chi connectivity index (χ1n) is 8.54. The number of aromatic amines is 1. The van der Waals surface area contributed by atoms with E-state index in [1.54, 1.807) is 11.3 Å². The molecule has 1 amide bonds. The third-order valence-corrected chi connectivity index (χ3v) is 6.01. The fourth-order valence-electron chi connectivity index (χ4n) is 3.64. The Balaban J connectivity index is 1.50. The molecule has 0 aliphatic carbocycles. The Bertz CT molecular complexity index is 1010. The van der Waals surface area contributed by atoms with E-state index in [9.17, 15) is 4.79 Å². The molecule has 1 fully saturated rings. The maximum atomic E-state index is 13.1. The number of carbonyl (C=O) groups excluding carboxylic acids is 1. The molecule has 0 bridgehead atoms. The Morgan fingerprint density at radius 3 is 2.88 bits per heavy atom. The second kappa shape index (κ2) is 5.70. The van der Waals surface area contributed by atoms with E-state index in [-0.39, 0.29) is 11.9 Å². The number of hydrogen-bond acceptors (Lipinski definition) is 3. The van der Waals surface area contributed by atoms with E-state index in [0.29, 0.717) is 5.69 Å². The molecule has 4 nitrogen and oxygen atoms in total. The molecule has 4 aromatic rings. The Kier molecular flexibility index (Phi) is 3.35. The molecule has 0 spiro atoms. The van der Waals surface area contributed by atoms with Gasteiger partial charge in [-0.3, -0.25) is 4.79 Å². The molecular weight excluding hydrogens is 330 g/mol. The third kappa shape index (κ3) is 2.43. The van der Waals surface area contributed by atoms with Crippen molar-refractivity contribution in [2.75, 3.05) is 6.54 Å². The second-order valence-corrected chi connectivity index (χ2v) is 7.51. The van der Waals surface area contributed by atoms with Gasteiger partial charge >= 0.3 is 0 Å². The molecule has 1 unspecified atom stereocenters. The van der Waals surface area contributed by atoms with E-state index in [1.165, 1.54) is 4.70 Å². The summed E-state index contributed by atoms with van der Waals surface area (Å²) < 4.78 is 1.18. The molecular formula is C20H17N3OS. The number of hydrogen-bond donors (Lipinski definition) is 1. The summed E-state index contributed by atoms with van der Waals surface area (Å²) in [7, 11) is 0. The normalized spacial score (nSPS) is 17.6. The average Bonchev–Trinajstić information content (AvgIpc) is 3.36. The summed E-state index contributed by atoms with van der Waals surface area (Å²) in [5.41, 5.74) is 2.68. The number of nitrogens with zero attached hydrogens (tertiary/aromatic N) is 2. The molecule has 1 N–H and O–H groups in total. The predicted molar refractivity (Wildman–Crippen MR) is 101 cm³/mol. The first kappa shape index (κ1) is 14.7. The fraction of sp³-hybridized carbons (Fsp3) is 0.200. The fourth-order valence-corrected chi connectivity index (χ4v) is 4.76. The highest BCUT2D eigenvalue weighted by Gasteiger charge is 2.33. The van der Waals surface area contributed by atoms with Gasteiger partial charge in [-0.2, -0.15) is 0 Å². The van der Waals surface area contributed by atoms with Gasteiger partial charge in [-0.05, 0) is 37.1 Å². The molecule has 2 aromatic carbocycles. The van der Waals surface area contributed by atoms with Crippen molar-refractivity contribution in [1.82, 2.24) is 14.9 Å². The molecule has 124 valence electrons. The number of benzene rings is 2. The lowest BCUT2D eigenvalue weighted by Crippen LogP contribution is -2.30. The Labute approximate surface area is 149 Å². The second-order valence-electron chi connectivity index (χ2n) is 6.45. The monoisotopic (exact) mass is 347 g/mol. The molecule has 0 radical (unpaired) electrons. The van der Waals surface area contributed by atoms with Crippen molar-refractivity contribution >= 4 is 38.4 Å². The summed E-state index contributed by atoms with van der Waals surface area (Å²) >= 11 is 1.70. The van der Waals surface area contributed by atoms with Gasteiger partial charge in [0.1, 0.15) is 10.7 Å². The summed E-state index contributed by atoms with van der Waals surface area (Å²) in [6, 6.07) is 18.2. The maximum absolute atomic E-state index is 13.1. The standard InChI is InChI=1S/C20H17N3OS/c24-20(16-12-13-6-1-2-7-14(13)21-16)23-11-5-9-17(23)19-22-15-8-3-4-10-18(15)25-19/h1-4,6-8,10,12,17,21H,5,9,11H2. The zero-order chi connectivity index (χ0) is 16.8. The van der Waals surface area contributed by atoms with E-state index in [1.807, 2.05) is 53.4 Å². The van der Waals surface area contributed by atoms with E-state index in [0.717, 1.165) is 40.8 Å². The van der Waals surface area contributed by atoms with E-state index in [4.69, 9.17) is 4.98 Å². The largest absolute Gasteiger partial charge is 0.351 e.